The van der Waals surface area contributed by atoms with E-state index < -0.39 is 0 Å². The number of nitrogens with one attached hydrogen (secondary N) is 1. The Morgan fingerprint density at radius 3 is 2.80 bits per heavy atom. The number of hydrogen-bond acceptors (Lipinski definition) is 3. The third kappa shape index (κ3) is 3.97. The maximum Gasteiger partial charge on any atom is 0.122 e. The second-order valence-electron chi connectivity index (χ2n) is 5.67. The number of para-hydroxylation sites is 1. The topological polar surface area (TPSA) is 24.5 Å². The third-order valence-electron chi connectivity index (χ3n) is 4.22. The van der Waals surface area contributed by atoms with Gasteiger partial charge in [-0.3, -0.25) is 0 Å². The summed E-state index contributed by atoms with van der Waals surface area (Å²) in [5, 5.41) is 3.70. The van der Waals surface area contributed by atoms with Gasteiger partial charge in [0.25, 0.3) is 0 Å². The first-order chi connectivity index (χ1) is 9.74. The van der Waals surface area contributed by atoms with Gasteiger partial charge < -0.3 is 15.0 Å². The molecule has 1 aromatic rings. The van der Waals surface area contributed by atoms with Crippen LogP contribution in [0.5, 0.6) is 5.75 Å². The molecule has 1 aromatic carbocycles. The maximum absolute atomic E-state index is 5.72. The zero-order chi connectivity index (χ0) is 14.4. The lowest BCUT2D eigenvalue weighted by Gasteiger charge is -2.29. The minimum absolute atomic E-state index is 0.532. The molecule has 1 aliphatic heterocycles. The second-order valence-corrected chi connectivity index (χ2v) is 5.67. The van der Waals surface area contributed by atoms with Crippen LogP contribution in [0.15, 0.2) is 24.3 Å². The van der Waals surface area contributed by atoms with Gasteiger partial charge in [-0.25, -0.2) is 0 Å². The summed E-state index contributed by atoms with van der Waals surface area (Å²) in [5.74, 6) is 1.65. The summed E-state index contributed by atoms with van der Waals surface area (Å²) in [4.78, 5) is 2.47. The zero-order valence-corrected chi connectivity index (χ0v) is 13.1. The first-order valence-electron chi connectivity index (χ1n) is 7.92. The molecule has 0 saturated heterocycles. The standard InChI is InChI=1S/C17H28N2O/c1-4-19(5-2)13-14(3)18-12-15-10-11-20-17-9-7-6-8-16(15)17/h6-9,14-15,18H,4-5,10-13H2,1-3H3. The highest BCUT2D eigenvalue weighted by molar-refractivity contribution is 5.37. The van der Waals surface area contributed by atoms with E-state index in [1.165, 1.54) is 5.56 Å². The molecule has 1 heterocycles. The lowest BCUT2D eigenvalue weighted by molar-refractivity contribution is 0.248. The fourth-order valence-corrected chi connectivity index (χ4v) is 2.91. The summed E-state index contributed by atoms with van der Waals surface area (Å²) in [6.45, 7) is 12.0. The highest BCUT2D eigenvalue weighted by Crippen LogP contribution is 2.32. The highest BCUT2D eigenvalue weighted by atomic mass is 16.5. The molecule has 3 nitrogen and oxygen atoms in total. The third-order valence-corrected chi connectivity index (χ3v) is 4.22. The molecule has 0 fully saturated rings. The predicted molar refractivity (Wildman–Crippen MR) is 84.5 cm³/mol. The molecule has 2 atom stereocenters. The van der Waals surface area contributed by atoms with Gasteiger partial charge in [0.05, 0.1) is 6.61 Å². The summed E-state index contributed by atoms with van der Waals surface area (Å²) in [7, 11) is 0. The van der Waals surface area contributed by atoms with Crippen LogP contribution in [0.3, 0.4) is 0 Å². The van der Waals surface area contributed by atoms with E-state index in [9.17, 15) is 0 Å². The second kappa shape index (κ2) is 7.65. The first-order valence-corrected chi connectivity index (χ1v) is 7.92. The van der Waals surface area contributed by atoms with Crippen molar-refractivity contribution >= 4 is 0 Å². The number of benzene rings is 1. The van der Waals surface area contributed by atoms with Gasteiger partial charge in [0.15, 0.2) is 0 Å². The lowest BCUT2D eigenvalue weighted by atomic mass is 9.93. The SMILES string of the molecule is CCN(CC)CC(C)NCC1CCOc2ccccc21. The molecule has 0 spiro atoms. The van der Waals surface area contributed by atoms with Crippen molar-refractivity contribution in [3.63, 3.8) is 0 Å². The van der Waals surface area contributed by atoms with Gasteiger partial charge in [-0.15, -0.1) is 0 Å². The molecule has 20 heavy (non-hydrogen) atoms. The van der Waals surface area contributed by atoms with Crippen LogP contribution in [0.4, 0.5) is 0 Å². The zero-order valence-electron chi connectivity index (χ0n) is 13.1. The number of likely N-dealkylation sites (N-methyl/N-ethyl adjacent to an activating group) is 1. The number of ether oxygens (including phenoxy) is 1. The molecule has 0 bridgehead atoms. The monoisotopic (exact) mass is 276 g/mol. The van der Waals surface area contributed by atoms with Gasteiger partial charge in [-0.05, 0) is 38.1 Å². The van der Waals surface area contributed by atoms with E-state index in [4.69, 9.17) is 4.74 Å². The van der Waals surface area contributed by atoms with Crippen molar-refractivity contribution in [1.29, 1.82) is 0 Å². The van der Waals surface area contributed by atoms with E-state index in [2.05, 4.69) is 55.3 Å². The fraction of sp³-hybridized carbons (Fsp3) is 0.647. The van der Waals surface area contributed by atoms with Gasteiger partial charge in [0.2, 0.25) is 0 Å². The molecule has 0 aliphatic carbocycles. The van der Waals surface area contributed by atoms with E-state index >= 15 is 0 Å². The van der Waals surface area contributed by atoms with Crippen LogP contribution in [-0.4, -0.2) is 43.7 Å². The molecule has 0 saturated carbocycles. The molecule has 1 aliphatic rings. The Labute approximate surface area is 123 Å². The molecule has 0 aromatic heterocycles. The number of hydrogen-bond donors (Lipinski definition) is 1. The van der Waals surface area contributed by atoms with Crippen molar-refractivity contribution in [1.82, 2.24) is 10.2 Å². The molecule has 1 N–H and O–H groups in total. The Morgan fingerprint density at radius 1 is 1.30 bits per heavy atom. The molecular weight excluding hydrogens is 248 g/mol. The van der Waals surface area contributed by atoms with Crippen LogP contribution in [-0.2, 0) is 0 Å². The summed E-state index contributed by atoms with van der Waals surface area (Å²) in [6.07, 6.45) is 1.11. The predicted octanol–water partition coefficient (Wildman–Crippen LogP) is 2.87. The van der Waals surface area contributed by atoms with Crippen molar-refractivity contribution in [2.75, 3.05) is 32.8 Å². The van der Waals surface area contributed by atoms with Gasteiger partial charge in [-0.2, -0.15) is 0 Å². The average Bonchev–Trinajstić information content (AvgIpc) is 2.50. The van der Waals surface area contributed by atoms with Gasteiger partial charge in [0, 0.05) is 25.0 Å². The highest BCUT2D eigenvalue weighted by Gasteiger charge is 2.21. The largest absolute Gasteiger partial charge is 0.493 e. The van der Waals surface area contributed by atoms with Crippen LogP contribution in [0.1, 0.15) is 38.7 Å². The van der Waals surface area contributed by atoms with Crippen LogP contribution in [0.2, 0.25) is 0 Å². The Balaban J connectivity index is 1.86. The molecular formula is C17H28N2O. The molecule has 0 radical (unpaired) electrons. The van der Waals surface area contributed by atoms with Gasteiger partial charge in [-0.1, -0.05) is 32.0 Å². The van der Waals surface area contributed by atoms with Crippen LogP contribution in [0.25, 0.3) is 0 Å². The minimum atomic E-state index is 0.532. The van der Waals surface area contributed by atoms with Crippen LogP contribution in [0, 0.1) is 0 Å². The van der Waals surface area contributed by atoms with E-state index in [1.807, 2.05) is 0 Å². The number of fused-ring (bicyclic) bond motifs is 1. The van der Waals surface area contributed by atoms with Crippen LogP contribution < -0.4 is 10.1 Å². The summed E-state index contributed by atoms with van der Waals surface area (Å²) in [5.41, 5.74) is 1.36. The quantitative estimate of drug-likeness (QED) is 0.829. The Hall–Kier alpha value is -1.06. The Bertz CT molecular complexity index is 404. The smallest absolute Gasteiger partial charge is 0.122 e. The molecule has 112 valence electrons. The summed E-state index contributed by atoms with van der Waals surface area (Å²) >= 11 is 0. The van der Waals surface area contributed by atoms with Crippen molar-refractivity contribution < 1.29 is 4.74 Å². The van der Waals surface area contributed by atoms with E-state index in [1.54, 1.807) is 0 Å². The number of nitrogens with zero attached hydrogens (tertiary/aromatic N) is 1. The maximum atomic E-state index is 5.72. The van der Waals surface area contributed by atoms with E-state index in [0.29, 0.717) is 12.0 Å². The first kappa shape index (κ1) is 15.3. The minimum Gasteiger partial charge on any atom is -0.493 e. The number of rotatable bonds is 7. The van der Waals surface area contributed by atoms with Crippen molar-refractivity contribution in [2.24, 2.45) is 0 Å². The molecule has 3 heteroatoms. The van der Waals surface area contributed by atoms with E-state index in [-0.39, 0.29) is 0 Å². The summed E-state index contributed by atoms with van der Waals surface area (Å²) < 4.78 is 5.72. The van der Waals surface area contributed by atoms with Gasteiger partial charge in [0.1, 0.15) is 5.75 Å². The Kier molecular flexibility index (Phi) is 5.86. The van der Waals surface area contributed by atoms with E-state index in [0.717, 1.165) is 45.0 Å². The van der Waals surface area contributed by atoms with Crippen molar-refractivity contribution in [2.45, 2.75) is 39.2 Å². The normalized spacial score (nSPS) is 19.5. The van der Waals surface area contributed by atoms with Gasteiger partial charge >= 0.3 is 0 Å². The van der Waals surface area contributed by atoms with Crippen LogP contribution >= 0.6 is 0 Å². The summed E-state index contributed by atoms with van der Waals surface area (Å²) in [6, 6.07) is 8.98. The average molecular weight is 276 g/mol. The fourth-order valence-electron chi connectivity index (χ4n) is 2.91. The Morgan fingerprint density at radius 2 is 2.05 bits per heavy atom. The van der Waals surface area contributed by atoms with Crippen molar-refractivity contribution in [3.8, 4) is 5.75 Å². The molecule has 0 amide bonds. The lowest BCUT2D eigenvalue weighted by Crippen LogP contribution is -2.41. The van der Waals surface area contributed by atoms with Crippen molar-refractivity contribution in [3.05, 3.63) is 29.8 Å². The molecule has 2 rings (SSSR count). The molecule has 2 unspecified atom stereocenters.